The van der Waals surface area contributed by atoms with Crippen molar-refractivity contribution in [2.75, 3.05) is 11.9 Å². The molecule has 1 N–H and O–H groups in total. The second-order valence-corrected chi connectivity index (χ2v) is 7.47. The first-order valence-electron chi connectivity index (χ1n) is 9.15. The summed E-state index contributed by atoms with van der Waals surface area (Å²) in [6.45, 7) is 4.52. The molecule has 0 bridgehead atoms. The largest absolute Gasteiger partial charge is 0.494 e. The first-order chi connectivity index (χ1) is 13.6. The number of aromatic nitrogens is 2. The van der Waals surface area contributed by atoms with Crippen LogP contribution in [-0.4, -0.2) is 22.5 Å². The fraction of sp³-hybridized carbons (Fsp3) is 0.227. The van der Waals surface area contributed by atoms with E-state index in [1.54, 1.807) is 18.5 Å². The van der Waals surface area contributed by atoms with Crippen LogP contribution in [0.2, 0.25) is 0 Å². The summed E-state index contributed by atoms with van der Waals surface area (Å²) in [7, 11) is 0. The van der Waals surface area contributed by atoms with E-state index in [-0.39, 0.29) is 5.91 Å². The molecule has 3 aromatic rings. The molecule has 3 rings (SSSR count). The predicted molar refractivity (Wildman–Crippen MR) is 112 cm³/mol. The van der Waals surface area contributed by atoms with Gasteiger partial charge in [-0.15, -0.1) is 0 Å². The first-order valence-corrected chi connectivity index (χ1v) is 9.96. The van der Waals surface area contributed by atoms with Crippen molar-refractivity contribution in [2.45, 2.75) is 36.7 Å². The molecule has 6 heteroatoms. The lowest BCUT2D eigenvalue weighted by Crippen LogP contribution is -2.13. The van der Waals surface area contributed by atoms with Gasteiger partial charge < -0.3 is 10.1 Å². The average Bonchev–Trinajstić information content (AvgIpc) is 2.68. The number of aryl methyl sites for hydroxylation is 2. The zero-order valence-corrected chi connectivity index (χ0v) is 16.8. The fourth-order valence-electron chi connectivity index (χ4n) is 2.62. The van der Waals surface area contributed by atoms with Gasteiger partial charge in [0.1, 0.15) is 5.75 Å². The van der Waals surface area contributed by atoms with Crippen LogP contribution in [0.3, 0.4) is 0 Å². The molecule has 0 radical (unpaired) electrons. The summed E-state index contributed by atoms with van der Waals surface area (Å²) in [5, 5.41) is 3.68. The maximum atomic E-state index is 12.2. The summed E-state index contributed by atoms with van der Waals surface area (Å²) in [4.78, 5) is 21.7. The van der Waals surface area contributed by atoms with E-state index in [9.17, 15) is 4.79 Å². The lowest BCUT2D eigenvalue weighted by Gasteiger charge is -2.10. The van der Waals surface area contributed by atoms with Crippen LogP contribution in [0.1, 0.15) is 24.0 Å². The second-order valence-electron chi connectivity index (χ2n) is 6.43. The lowest BCUT2D eigenvalue weighted by molar-refractivity contribution is -0.116. The van der Waals surface area contributed by atoms with Crippen molar-refractivity contribution in [1.82, 2.24) is 9.97 Å². The number of benzene rings is 2. The molecule has 0 aliphatic rings. The van der Waals surface area contributed by atoms with E-state index >= 15 is 0 Å². The van der Waals surface area contributed by atoms with Crippen LogP contribution in [0.4, 0.5) is 5.69 Å². The SMILES string of the molecule is Cc1cccc(OCCCC(=O)Nc2ccc(Sc3ncccn3)cc2C)c1. The van der Waals surface area contributed by atoms with E-state index < -0.39 is 0 Å². The minimum atomic E-state index is -0.0114. The molecular weight excluding hydrogens is 370 g/mol. The fourth-order valence-corrected chi connectivity index (χ4v) is 3.43. The lowest BCUT2D eigenvalue weighted by atomic mass is 10.2. The zero-order valence-electron chi connectivity index (χ0n) is 16.0. The molecule has 0 aliphatic carbocycles. The van der Waals surface area contributed by atoms with Crippen LogP contribution in [0.25, 0.3) is 0 Å². The third-order valence-corrected chi connectivity index (χ3v) is 4.91. The molecule has 1 amide bonds. The molecule has 0 fully saturated rings. The molecule has 0 saturated heterocycles. The molecule has 1 heterocycles. The molecule has 28 heavy (non-hydrogen) atoms. The quantitative estimate of drug-likeness (QED) is 0.429. The minimum Gasteiger partial charge on any atom is -0.494 e. The Balaban J connectivity index is 1.46. The number of hydrogen-bond donors (Lipinski definition) is 1. The van der Waals surface area contributed by atoms with Gasteiger partial charge in [0.25, 0.3) is 0 Å². The Morgan fingerprint density at radius 2 is 1.89 bits per heavy atom. The summed E-state index contributed by atoms with van der Waals surface area (Å²) in [5.41, 5.74) is 2.99. The van der Waals surface area contributed by atoms with Crippen molar-refractivity contribution in [1.29, 1.82) is 0 Å². The molecule has 1 aromatic heterocycles. The molecule has 0 saturated carbocycles. The molecular formula is C22H23N3O2S. The van der Waals surface area contributed by atoms with Gasteiger partial charge in [0, 0.05) is 29.4 Å². The number of carbonyl (C=O) groups excluding carboxylic acids is 1. The molecule has 0 atom stereocenters. The van der Waals surface area contributed by atoms with Gasteiger partial charge in [-0.05, 0) is 79.6 Å². The van der Waals surface area contributed by atoms with Crippen LogP contribution in [0.15, 0.2) is 71.0 Å². The first kappa shape index (κ1) is 19.9. The number of nitrogens with zero attached hydrogens (tertiary/aromatic N) is 2. The minimum absolute atomic E-state index is 0.0114. The Morgan fingerprint density at radius 3 is 2.64 bits per heavy atom. The number of nitrogens with one attached hydrogen (secondary N) is 1. The van der Waals surface area contributed by atoms with Crippen molar-refractivity contribution < 1.29 is 9.53 Å². The Kier molecular flexibility index (Phi) is 7.03. The van der Waals surface area contributed by atoms with Crippen LogP contribution in [0, 0.1) is 13.8 Å². The predicted octanol–water partition coefficient (Wildman–Crippen LogP) is 5.04. The second kappa shape index (κ2) is 9.90. The standard InChI is InChI=1S/C22H23N3O2S/c1-16-6-3-7-18(14-16)27-13-4-8-21(26)25-20-10-9-19(15-17(20)2)28-22-23-11-5-12-24-22/h3,5-7,9-12,14-15H,4,8,13H2,1-2H3,(H,25,26). The number of anilines is 1. The van der Waals surface area contributed by atoms with E-state index in [0.29, 0.717) is 24.6 Å². The summed E-state index contributed by atoms with van der Waals surface area (Å²) in [5.74, 6) is 0.828. The third-order valence-electron chi connectivity index (χ3n) is 4.03. The van der Waals surface area contributed by atoms with Crippen molar-refractivity contribution in [3.63, 3.8) is 0 Å². The number of hydrogen-bond acceptors (Lipinski definition) is 5. The van der Waals surface area contributed by atoms with E-state index in [1.807, 2.05) is 56.3 Å². The van der Waals surface area contributed by atoms with Crippen LogP contribution >= 0.6 is 11.8 Å². The Bertz CT molecular complexity index is 932. The highest BCUT2D eigenvalue weighted by Crippen LogP contribution is 2.28. The van der Waals surface area contributed by atoms with E-state index in [1.165, 1.54) is 11.8 Å². The van der Waals surface area contributed by atoms with Gasteiger partial charge >= 0.3 is 0 Å². The van der Waals surface area contributed by atoms with Crippen molar-refractivity contribution >= 4 is 23.4 Å². The van der Waals surface area contributed by atoms with Gasteiger partial charge in [0.05, 0.1) is 6.61 Å². The highest BCUT2D eigenvalue weighted by atomic mass is 32.2. The van der Waals surface area contributed by atoms with Gasteiger partial charge in [-0.3, -0.25) is 4.79 Å². The van der Waals surface area contributed by atoms with Gasteiger partial charge in [-0.25, -0.2) is 9.97 Å². The van der Waals surface area contributed by atoms with Crippen LogP contribution < -0.4 is 10.1 Å². The smallest absolute Gasteiger partial charge is 0.224 e. The highest BCUT2D eigenvalue weighted by Gasteiger charge is 2.07. The van der Waals surface area contributed by atoms with E-state index in [4.69, 9.17) is 4.74 Å². The number of amides is 1. The summed E-state index contributed by atoms with van der Waals surface area (Å²) in [6.07, 6.45) is 4.52. The van der Waals surface area contributed by atoms with Gasteiger partial charge in [0.15, 0.2) is 5.16 Å². The molecule has 2 aromatic carbocycles. The average molecular weight is 394 g/mol. The maximum Gasteiger partial charge on any atom is 0.224 e. The van der Waals surface area contributed by atoms with E-state index in [2.05, 4.69) is 15.3 Å². The normalized spacial score (nSPS) is 10.5. The Hall–Kier alpha value is -2.86. The van der Waals surface area contributed by atoms with Crippen LogP contribution in [0.5, 0.6) is 5.75 Å². The van der Waals surface area contributed by atoms with Crippen molar-refractivity contribution in [2.24, 2.45) is 0 Å². The monoisotopic (exact) mass is 393 g/mol. The van der Waals surface area contributed by atoms with Crippen molar-refractivity contribution in [3.8, 4) is 5.75 Å². The molecule has 144 valence electrons. The molecule has 0 spiro atoms. The summed E-state index contributed by atoms with van der Waals surface area (Å²) in [6, 6.07) is 15.6. The molecule has 0 aliphatic heterocycles. The van der Waals surface area contributed by atoms with E-state index in [0.717, 1.165) is 27.5 Å². The van der Waals surface area contributed by atoms with Crippen molar-refractivity contribution in [3.05, 3.63) is 72.1 Å². The third kappa shape index (κ3) is 6.09. The van der Waals surface area contributed by atoms with Crippen LogP contribution in [-0.2, 0) is 4.79 Å². The zero-order chi connectivity index (χ0) is 19.8. The molecule has 5 nitrogen and oxygen atoms in total. The molecule has 0 unspecified atom stereocenters. The Morgan fingerprint density at radius 1 is 1.07 bits per heavy atom. The van der Waals surface area contributed by atoms with Gasteiger partial charge in [0.2, 0.25) is 5.91 Å². The van der Waals surface area contributed by atoms with Gasteiger partial charge in [-0.2, -0.15) is 0 Å². The highest BCUT2D eigenvalue weighted by molar-refractivity contribution is 7.99. The number of rotatable bonds is 8. The Labute approximate surface area is 169 Å². The van der Waals surface area contributed by atoms with Gasteiger partial charge in [-0.1, -0.05) is 12.1 Å². The number of carbonyl (C=O) groups is 1. The number of ether oxygens (including phenoxy) is 1. The maximum absolute atomic E-state index is 12.2. The topological polar surface area (TPSA) is 64.1 Å². The summed E-state index contributed by atoms with van der Waals surface area (Å²) < 4.78 is 5.69. The summed E-state index contributed by atoms with van der Waals surface area (Å²) >= 11 is 1.49.